The summed E-state index contributed by atoms with van der Waals surface area (Å²) in [6, 6.07) is 5.08. The van der Waals surface area contributed by atoms with Crippen LogP contribution < -0.4 is 5.32 Å². The number of nitrogens with one attached hydrogen (secondary N) is 1. The Morgan fingerprint density at radius 3 is 2.89 bits per heavy atom. The number of nitrogens with zero attached hydrogens (tertiary/aromatic N) is 3. The summed E-state index contributed by atoms with van der Waals surface area (Å²) in [5, 5.41) is 7.37. The number of rotatable bonds is 3. The number of pyridine rings is 1. The third-order valence-corrected chi connectivity index (χ3v) is 2.64. The van der Waals surface area contributed by atoms with Crippen LogP contribution in [0.1, 0.15) is 23.1 Å². The number of amides is 1. The number of carbonyl (C=O) groups is 1. The minimum Gasteiger partial charge on any atom is -0.319 e. The van der Waals surface area contributed by atoms with Crippen LogP contribution in [0.4, 0.5) is 5.69 Å². The molecular weight excluding hydrogens is 252 g/mol. The lowest BCUT2D eigenvalue weighted by molar-refractivity contribution is 0.101. The van der Waals surface area contributed by atoms with Crippen LogP contribution in [-0.2, 0) is 6.54 Å². The molecule has 0 aromatic carbocycles. The second-order valence-electron chi connectivity index (χ2n) is 3.81. The molecule has 2 heterocycles. The monoisotopic (exact) mass is 264 g/mol. The Balaban J connectivity index is 2.19. The molecule has 5 nitrogen and oxygen atoms in total. The molecule has 2 aromatic rings. The van der Waals surface area contributed by atoms with Crippen molar-refractivity contribution in [1.29, 1.82) is 0 Å². The number of anilines is 1. The van der Waals surface area contributed by atoms with Crippen molar-refractivity contribution in [2.75, 3.05) is 5.32 Å². The predicted octanol–water partition coefficient (Wildman–Crippen LogP) is 2.51. The molecule has 0 spiro atoms. The van der Waals surface area contributed by atoms with Crippen LogP contribution in [0.2, 0.25) is 5.15 Å². The smallest absolute Gasteiger partial charge is 0.273 e. The Kier molecular flexibility index (Phi) is 3.62. The van der Waals surface area contributed by atoms with Gasteiger partial charge in [-0.05, 0) is 32.0 Å². The minimum atomic E-state index is -0.207. The first-order valence-electron chi connectivity index (χ1n) is 5.57. The van der Waals surface area contributed by atoms with Gasteiger partial charge < -0.3 is 5.32 Å². The highest BCUT2D eigenvalue weighted by atomic mass is 35.5. The molecule has 0 aliphatic carbocycles. The molecule has 0 fully saturated rings. The Morgan fingerprint density at radius 1 is 1.50 bits per heavy atom. The molecule has 0 saturated heterocycles. The standard InChI is InChI=1S/C12H13ClN4O/c1-3-17-10(6-8(2)16-17)12(18)15-9-4-5-11(13)14-7-9/h4-7H,3H2,1-2H3,(H,15,18). The van der Waals surface area contributed by atoms with E-state index >= 15 is 0 Å². The van der Waals surface area contributed by atoms with E-state index < -0.39 is 0 Å². The number of aryl methyl sites for hydroxylation is 2. The Labute approximate surface area is 110 Å². The maximum absolute atomic E-state index is 12.1. The van der Waals surface area contributed by atoms with Crippen LogP contribution in [0, 0.1) is 6.92 Å². The second-order valence-corrected chi connectivity index (χ2v) is 4.20. The third-order valence-electron chi connectivity index (χ3n) is 2.42. The third kappa shape index (κ3) is 2.68. The molecular formula is C12H13ClN4O. The molecule has 0 unspecified atom stereocenters. The lowest BCUT2D eigenvalue weighted by Crippen LogP contribution is -2.17. The quantitative estimate of drug-likeness (QED) is 0.867. The average molecular weight is 265 g/mol. The van der Waals surface area contributed by atoms with Crippen molar-refractivity contribution < 1.29 is 4.79 Å². The van der Waals surface area contributed by atoms with E-state index in [-0.39, 0.29) is 5.91 Å². The van der Waals surface area contributed by atoms with Crippen molar-refractivity contribution in [2.24, 2.45) is 0 Å². The lowest BCUT2D eigenvalue weighted by Gasteiger charge is -2.06. The van der Waals surface area contributed by atoms with Gasteiger partial charge in [-0.25, -0.2) is 4.98 Å². The average Bonchev–Trinajstić information content (AvgIpc) is 2.73. The number of carbonyl (C=O) groups excluding carboxylic acids is 1. The molecule has 1 amide bonds. The summed E-state index contributed by atoms with van der Waals surface area (Å²) >= 11 is 5.68. The largest absolute Gasteiger partial charge is 0.319 e. The van der Waals surface area contributed by atoms with Gasteiger partial charge in [-0.1, -0.05) is 11.6 Å². The van der Waals surface area contributed by atoms with Crippen LogP contribution in [0.25, 0.3) is 0 Å². The topological polar surface area (TPSA) is 59.8 Å². The minimum absolute atomic E-state index is 0.207. The molecule has 0 aliphatic heterocycles. The van der Waals surface area contributed by atoms with Crippen LogP contribution in [0.3, 0.4) is 0 Å². The van der Waals surface area contributed by atoms with Crippen LogP contribution in [-0.4, -0.2) is 20.7 Å². The van der Waals surface area contributed by atoms with E-state index in [1.165, 1.54) is 6.20 Å². The number of aromatic nitrogens is 3. The molecule has 1 N–H and O–H groups in total. The first-order chi connectivity index (χ1) is 8.60. The highest BCUT2D eigenvalue weighted by Crippen LogP contribution is 2.12. The normalized spacial score (nSPS) is 10.4. The first-order valence-corrected chi connectivity index (χ1v) is 5.95. The molecule has 2 aromatic heterocycles. The highest BCUT2D eigenvalue weighted by Gasteiger charge is 2.13. The van der Waals surface area contributed by atoms with Crippen LogP contribution in [0.15, 0.2) is 24.4 Å². The van der Waals surface area contributed by atoms with Crippen molar-refractivity contribution in [1.82, 2.24) is 14.8 Å². The predicted molar refractivity (Wildman–Crippen MR) is 69.8 cm³/mol. The molecule has 2 rings (SSSR count). The Morgan fingerprint density at radius 2 is 2.28 bits per heavy atom. The summed E-state index contributed by atoms with van der Waals surface area (Å²) in [5.74, 6) is -0.207. The van der Waals surface area contributed by atoms with Gasteiger partial charge in [0, 0.05) is 6.54 Å². The van der Waals surface area contributed by atoms with Crippen molar-refractivity contribution >= 4 is 23.2 Å². The van der Waals surface area contributed by atoms with E-state index in [2.05, 4.69) is 15.4 Å². The van der Waals surface area contributed by atoms with Gasteiger partial charge in [-0.2, -0.15) is 5.10 Å². The maximum atomic E-state index is 12.1. The fourth-order valence-corrected chi connectivity index (χ4v) is 1.73. The van der Waals surface area contributed by atoms with Crippen molar-refractivity contribution in [2.45, 2.75) is 20.4 Å². The van der Waals surface area contributed by atoms with Crippen molar-refractivity contribution in [3.05, 3.63) is 40.9 Å². The number of hydrogen-bond donors (Lipinski definition) is 1. The van der Waals surface area contributed by atoms with Crippen LogP contribution >= 0.6 is 11.6 Å². The fourth-order valence-electron chi connectivity index (χ4n) is 1.61. The molecule has 0 aliphatic rings. The zero-order valence-corrected chi connectivity index (χ0v) is 10.9. The Bertz CT molecular complexity index is 562. The van der Waals surface area contributed by atoms with Gasteiger partial charge in [0.05, 0.1) is 17.6 Å². The summed E-state index contributed by atoms with van der Waals surface area (Å²) < 4.78 is 1.66. The van der Waals surface area contributed by atoms with Gasteiger partial charge in [-0.15, -0.1) is 0 Å². The molecule has 0 saturated carbocycles. The zero-order valence-electron chi connectivity index (χ0n) is 10.1. The van der Waals surface area contributed by atoms with Gasteiger partial charge in [0.25, 0.3) is 5.91 Å². The highest BCUT2D eigenvalue weighted by molar-refractivity contribution is 6.29. The van der Waals surface area contributed by atoms with Gasteiger partial charge in [0.1, 0.15) is 10.8 Å². The Hall–Kier alpha value is -1.88. The van der Waals surface area contributed by atoms with E-state index in [4.69, 9.17) is 11.6 Å². The zero-order chi connectivity index (χ0) is 13.1. The summed E-state index contributed by atoms with van der Waals surface area (Å²) in [6.07, 6.45) is 1.51. The first kappa shape index (κ1) is 12.6. The molecule has 0 bridgehead atoms. The maximum Gasteiger partial charge on any atom is 0.273 e. The molecule has 0 radical (unpaired) electrons. The molecule has 18 heavy (non-hydrogen) atoms. The summed E-state index contributed by atoms with van der Waals surface area (Å²) in [5.41, 5.74) is 1.95. The summed E-state index contributed by atoms with van der Waals surface area (Å²) in [6.45, 7) is 4.44. The summed E-state index contributed by atoms with van der Waals surface area (Å²) in [4.78, 5) is 16.0. The lowest BCUT2D eigenvalue weighted by atomic mass is 10.3. The van der Waals surface area contributed by atoms with E-state index in [0.29, 0.717) is 23.1 Å². The number of halogens is 1. The molecule has 6 heteroatoms. The SMILES string of the molecule is CCn1nc(C)cc1C(=O)Nc1ccc(Cl)nc1. The summed E-state index contributed by atoms with van der Waals surface area (Å²) in [7, 11) is 0. The fraction of sp³-hybridized carbons (Fsp3) is 0.250. The second kappa shape index (κ2) is 5.18. The van der Waals surface area contributed by atoms with E-state index in [9.17, 15) is 4.79 Å². The van der Waals surface area contributed by atoms with Gasteiger partial charge in [0.2, 0.25) is 0 Å². The van der Waals surface area contributed by atoms with Gasteiger partial charge in [0.15, 0.2) is 0 Å². The van der Waals surface area contributed by atoms with E-state index in [1.807, 2.05) is 13.8 Å². The van der Waals surface area contributed by atoms with Crippen molar-refractivity contribution in [3.8, 4) is 0 Å². The van der Waals surface area contributed by atoms with E-state index in [0.717, 1.165) is 5.69 Å². The molecule has 0 atom stereocenters. The van der Waals surface area contributed by atoms with Crippen LogP contribution in [0.5, 0.6) is 0 Å². The molecule has 94 valence electrons. The van der Waals surface area contributed by atoms with E-state index in [1.54, 1.807) is 22.9 Å². The van der Waals surface area contributed by atoms with Gasteiger partial charge >= 0.3 is 0 Å². The van der Waals surface area contributed by atoms with Gasteiger partial charge in [-0.3, -0.25) is 9.48 Å². The van der Waals surface area contributed by atoms with Crippen molar-refractivity contribution in [3.63, 3.8) is 0 Å². The number of hydrogen-bond acceptors (Lipinski definition) is 3.